The van der Waals surface area contributed by atoms with Crippen molar-refractivity contribution in [3.63, 3.8) is 0 Å². The van der Waals surface area contributed by atoms with Crippen molar-refractivity contribution in [2.24, 2.45) is 0 Å². The van der Waals surface area contributed by atoms with Crippen LogP contribution in [0.2, 0.25) is 0 Å². The monoisotopic (exact) mass is 550 g/mol. The van der Waals surface area contributed by atoms with E-state index < -0.39 is 38.4 Å². The number of hydrogen-bond donors (Lipinski definition) is 3. The molecule has 13 heteroatoms. The van der Waals surface area contributed by atoms with E-state index >= 15 is 0 Å². The number of sulfonamides is 1. The Hall–Kier alpha value is -4.39. The summed E-state index contributed by atoms with van der Waals surface area (Å²) in [4.78, 5) is 22.7. The number of carboxylic acids is 1. The third-order valence-electron chi connectivity index (χ3n) is 5.09. The fraction of sp³-hybridized carbons (Fsp3) is 0.200. The number of anilines is 1. The smallest absolute Gasteiger partial charge is 0.307 e. The maximum atomic E-state index is 14.3. The molecular formula is C25H24F2N2O8S. The minimum absolute atomic E-state index is 0.0247. The molecule has 0 aromatic heterocycles. The van der Waals surface area contributed by atoms with Crippen LogP contribution in [-0.2, 0) is 21.2 Å². The van der Waals surface area contributed by atoms with Gasteiger partial charge in [-0.25, -0.2) is 17.2 Å². The molecule has 0 spiro atoms. The van der Waals surface area contributed by atoms with Gasteiger partial charge < -0.3 is 24.6 Å². The molecule has 0 saturated heterocycles. The SMILES string of the molecule is CCNC(=O)c1ccc(Oc2c(OC)cc(CC(=O)O)cc2OC)c(NS(=O)(=O)c2ccc(F)cc2F)c1. The van der Waals surface area contributed by atoms with Crippen molar-refractivity contribution >= 4 is 27.6 Å². The van der Waals surface area contributed by atoms with Crippen molar-refractivity contribution in [3.8, 4) is 23.0 Å². The Morgan fingerprint density at radius 1 is 0.947 bits per heavy atom. The van der Waals surface area contributed by atoms with Gasteiger partial charge in [0.25, 0.3) is 15.9 Å². The number of methoxy groups -OCH3 is 2. The van der Waals surface area contributed by atoms with Crippen LogP contribution in [0.25, 0.3) is 0 Å². The predicted octanol–water partition coefficient (Wildman–Crippen LogP) is 3.95. The Bertz CT molecular complexity index is 1450. The number of carbonyl (C=O) groups is 2. The summed E-state index contributed by atoms with van der Waals surface area (Å²) >= 11 is 0. The van der Waals surface area contributed by atoms with Crippen molar-refractivity contribution in [2.45, 2.75) is 18.2 Å². The average Bonchev–Trinajstić information content (AvgIpc) is 2.84. The lowest BCUT2D eigenvalue weighted by Gasteiger charge is -2.19. The van der Waals surface area contributed by atoms with Crippen molar-refractivity contribution in [2.75, 3.05) is 25.5 Å². The van der Waals surface area contributed by atoms with E-state index in [0.717, 1.165) is 12.1 Å². The number of benzene rings is 3. The Kier molecular flexibility index (Phi) is 8.73. The topological polar surface area (TPSA) is 140 Å². The highest BCUT2D eigenvalue weighted by Gasteiger charge is 2.24. The molecule has 3 N–H and O–H groups in total. The molecule has 0 aliphatic rings. The van der Waals surface area contributed by atoms with Crippen molar-refractivity contribution in [1.29, 1.82) is 0 Å². The number of halogens is 2. The van der Waals surface area contributed by atoms with Crippen LogP contribution in [0.4, 0.5) is 14.5 Å². The highest BCUT2D eigenvalue weighted by Crippen LogP contribution is 2.43. The van der Waals surface area contributed by atoms with Gasteiger partial charge in [-0.15, -0.1) is 0 Å². The summed E-state index contributed by atoms with van der Waals surface area (Å²) in [6, 6.07) is 8.63. The molecule has 0 fully saturated rings. The van der Waals surface area contributed by atoms with Gasteiger partial charge >= 0.3 is 5.97 Å². The summed E-state index contributed by atoms with van der Waals surface area (Å²) in [5.41, 5.74) is 0.154. The molecule has 0 aliphatic heterocycles. The van der Waals surface area contributed by atoms with Gasteiger partial charge in [-0.1, -0.05) is 0 Å². The highest BCUT2D eigenvalue weighted by atomic mass is 32.2. The minimum atomic E-state index is -4.61. The Labute approximate surface area is 217 Å². The second kappa shape index (κ2) is 11.8. The van der Waals surface area contributed by atoms with Crippen molar-refractivity contribution in [3.05, 3.63) is 71.3 Å². The van der Waals surface area contributed by atoms with Crippen LogP contribution in [0.5, 0.6) is 23.0 Å². The van der Waals surface area contributed by atoms with Crippen LogP contribution in [0, 0.1) is 11.6 Å². The number of carboxylic acid groups (broad SMARTS) is 1. The number of ether oxygens (including phenoxy) is 3. The summed E-state index contributed by atoms with van der Waals surface area (Å²) < 4.78 is 72.4. The standard InChI is InChI=1S/C25H24F2N2O8S/c1-4-28-25(32)15-5-7-19(18(12-15)29-38(33,34)22-8-6-16(26)13-17(22)27)37-24-20(35-2)9-14(11-23(30)31)10-21(24)36-3/h5-10,12-13,29H,4,11H2,1-3H3,(H,28,32)(H,30,31). The zero-order chi connectivity index (χ0) is 28.0. The Morgan fingerprint density at radius 3 is 2.16 bits per heavy atom. The zero-order valence-corrected chi connectivity index (χ0v) is 21.3. The molecule has 0 radical (unpaired) electrons. The van der Waals surface area contributed by atoms with Gasteiger partial charge in [0.05, 0.1) is 26.3 Å². The molecule has 0 bridgehead atoms. The molecule has 0 atom stereocenters. The highest BCUT2D eigenvalue weighted by molar-refractivity contribution is 7.92. The quantitative estimate of drug-likeness (QED) is 0.326. The van der Waals surface area contributed by atoms with E-state index in [4.69, 9.17) is 19.3 Å². The number of nitrogens with one attached hydrogen (secondary N) is 2. The Morgan fingerprint density at radius 2 is 1.61 bits per heavy atom. The van der Waals surface area contributed by atoms with Gasteiger partial charge in [-0.05, 0) is 55.0 Å². The van der Waals surface area contributed by atoms with Crippen LogP contribution in [0.1, 0.15) is 22.8 Å². The number of aliphatic carboxylic acids is 1. The molecule has 0 heterocycles. The van der Waals surface area contributed by atoms with E-state index in [1.54, 1.807) is 6.92 Å². The van der Waals surface area contributed by atoms with Crippen molar-refractivity contribution in [1.82, 2.24) is 5.32 Å². The van der Waals surface area contributed by atoms with Crippen LogP contribution in [-0.4, -0.2) is 46.2 Å². The summed E-state index contributed by atoms with van der Waals surface area (Å²) in [5.74, 6) is -3.89. The number of amides is 1. The molecule has 10 nitrogen and oxygen atoms in total. The van der Waals surface area contributed by atoms with Crippen molar-refractivity contribution < 1.29 is 46.1 Å². The number of rotatable bonds is 11. The minimum Gasteiger partial charge on any atom is -0.493 e. The second-order valence-corrected chi connectivity index (χ2v) is 9.40. The van der Waals surface area contributed by atoms with E-state index in [1.165, 1.54) is 44.6 Å². The van der Waals surface area contributed by atoms with Gasteiger partial charge in [0.15, 0.2) is 17.2 Å². The molecule has 0 unspecified atom stereocenters. The van der Waals surface area contributed by atoms with Crippen LogP contribution >= 0.6 is 0 Å². The molecule has 3 aromatic rings. The van der Waals surface area contributed by atoms with E-state index in [9.17, 15) is 26.8 Å². The fourth-order valence-electron chi connectivity index (χ4n) is 3.42. The predicted molar refractivity (Wildman–Crippen MR) is 133 cm³/mol. The van der Waals surface area contributed by atoms with Gasteiger partial charge in [-0.3, -0.25) is 14.3 Å². The molecule has 1 amide bonds. The zero-order valence-electron chi connectivity index (χ0n) is 20.5. The van der Waals surface area contributed by atoms with Crippen LogP contribution < -0.4 is 24.2 Å². The fourth-order valence-corrected chi connectivity index (χ4v) is 4.54. The summed E-state index contributed by atoms with van der Waals surface area (Å²) in [5, 5.41) is 11.7. The molecule has 0 saturated carbocycles. The third kappa shape index (κ3) is 6.48. The lowest BCUT2D eigenvalue weighted by atomic mass is 10.1. The molecule has 0 aliphatic carbocycles. The first-order chi connectivity index (χ1) is 18.0. The van der Waals surface area contributed by atoms with Crippen LogP contribution in [0.15, 0.2) is 53.4 Å². The Balaban J connectivity index is 2.12. The largest absolute Gasteiger partial charge is 0.493 e. The van der Waals surface area contributed by atoms with Crippen LogP contribution in [0.3, 0.4) is 0 Å². The van der Waals surface area contributed by atoms with E-state index in [0.29, 0.717) is 18.2 Å². The summed E-state index contributed by atoms with van der Waals surface area (Å²) in [7, 11) is -1.99. The summed E-state index contributed by atoms with van der Waals surface area (Å²) in [6.45, 7) is 2.00. The first kappa shape index (κ1) is 28.2. The molecule has 202 valence electrons. The molecule has 3 aromatic carbocycles. The molecule has 38 heavy (non-hydrogen) atoms. The maximum absolute atomic E-state index is 14.3. The number of carbonyl (C=O) groups excluding carboxylic acids is 1. The number of hydrogen-bond acceptors (Lipinski definition) is 7. The second-order valence-electron chi connectivity index (χ2n) is 7.75. The van der Waals surface area contributed by atoms with E-state index in [2.05, 4.69) is 10.0 Å². The lowest BCUT2D eigenvalue weighted by Crippen LogP contribution is -2.23. The van der Waals surface area contributed by atoms with Gasteiger partial charge in [0, 0.05) is 18.2 Å². The molecular weight excluding hydrogens is 526 g/mol. The first-order valence-corrected chi connectivity index (χ1v) is 12.5. The lowest BCUT2D eigenvalue weighted by molar-refractivity contribution is -0.136. The van der Waals surface area contributed by atoms with E-state index in [1.807, 2.05) is 0 Å². The molecule has 3 rings (SSSR count). The van der Waals surface area contributed by atoms with Gasteiger partial charge in [0.2, 0.25) is 5.75 Å². The average molecular weight is 551 g/mol. The third-order valence-corrected chi connectivity index (χ3v) is 6.49. The van der Waals surface area contributed by atoms with Gasteiger partial charge in [-0.2, -0.15) is 0 Å². The maximum Gasteiger partial charge on any atom is 0.307 e. The van der Waals surface area contributed by atoms with E-state index in [-0.39, 0.29) is 40.7 Å². The van der Waals surface area contributed by atoms with Gasteiger partial charge in [0.1, 0.15) is 16.5 Å². The first-order valence-electron chi connectivity index (χ1n) is 11.0. The summed E-state index contributed by atoms with van der Waals surface area (Å²) in [6.07, 6.45) is -0.331. The normalized spacial score (nSPS) is 11.0.